The van der Waals surface area contributed by atoms with Crippen LogP contribution in [0.5, 0.6) is 0 Å². The van der Waals surface area contributed by atoms with E-state index in [0.717, 1.165) is 22.8 Å². The standard InChI is InChI=1S/C15H17ClN2/c1-11(12-6-4-7-14(16)9-12)18-10-13-5-2-3-8-15(13)17/h2-9,11,18H,10,17H2,1H3/t11-/m1/s1. The first-order valence-corrected chi connectivity index (χ1v) is 6.37. The Morgan fingerprint density at radius 2 is 1.94 bits per heavy atom. The summed E-state index contributed by atoms with van der Waals surface area (Å²) < 4.78 is 0. The van der Waals surface area contributed by atoms with Crippen LogP contribution in [0.1, 0.15) is 24.1 Å². The third-order valence-corrected chi connectivity index (χ3v) is 3.24. The molecule has 0 spiro atoms. The van der Waals surface area contributed by atoms with E-state index in [9.17, 15) is 0 Å². The van der Waals surface area contributed by atoms with Gasteiger partial charge in [-0.2, -0.15) is 0 Å². The number of rotatable bonds is 4. The van der Waals surface area contributed by atoms with E-state index in [4.69, 9.17) is 17.3 Å². The Bertz CT molecular complexity index is 525. The van der Waals surface area contributed by atoms with E-state index in [0.29, 0.717) is 0 Å². The number of para-hydroxylation sites is 1. The van der Waals surface area contributed by atoms with Crippen molar-refractivity contribution in [2.24, 2.45) is 0 Å². The monoisotopic (exact) mass is 260 g/mol. The molecule has 2 aromatic rings. The summed E-state index contributed by atoms with van der Waals surface area (Å²) in [6.45, 7) is 2.87. The fourth-order valence-corrected chi connectivity index (χ4v) is 2.05. The zero-order valence-corrected chi connectivity index (χ0v) is 11.1. The van der Waals surface area contributed by atoms with Gasteiger partial charge in [-0.15, -0.1) is 0 Å². The van der Waals surface area contributed by atoms with Gasteiger partial charge in [0, 0.05) is 23.3 Å². The van der Waals surface area contributed by atoms with Crippen molar-refractivity contribution in [1.82, 2.24) is 5.32 Å². The highest BCUT2D eigenvalue weighted by Crippen LogP contribution is 2.18. The number of hydrogen-bond donors (Lipinski definition) is 2. The minimum atomic E-state index is 0.239. The second-order valence-corrected chi connectivity index (χ2v) is 4.79. The summed E-state index contributed by atoms with van der Waals surface area (Å²) in [7, 11) is 0. The van der Waals surface area contributed by atoms with E-state index in [2.05, 4.69) is 18.3 Å². The predicted octanol–water partition coefficient (Wildman–Crippen LogP) is 3.77. The average Bonchev–Trinajstić information content (AvgIpc) is 2.37. The second kappa shape index (κ2) is 5.89. The van der Waals surface area contributed by atoms with Crippen molar-refractivity contribution in [3.8, 4) is 0 Å². The van der Waals surface area contributed by atoms with Crippen LogP contribution < -0.4 is 11.1 Å². The maximum Gasteiger partial charge on any atom is 0.0409 e. The van der Waals surface area contributed by atoms with Crippen LogP contribution in [0.25, 0.3) is 0 Å². The molecule has 0 aliphatic rings. The minimum Gasteiger partial charge on any atom is -0.398 e. The van der Waals surface area contributed by atoms with Crippen molar-refractivity contribution in [1.29, 1.82) is 0 Å². The topological polar surface area (TPSA) is 38.0 Å². The predicted molar refractivity (Wildman–Crippen MR) is 77.6 cm³/mol. The van der Waals surface area contributed by atoms with Crippen molar-refractivity contribution in [3.05, 3.63) is 64.7 Å². The molecule has 2 aromatic carbocycles. The van der Waals surface area contributed by atoms with Crippen molar-refractivity contribution < 1.29 is 0 Å². The molecule has 18 heavy (non-hydrogen) atoms. The first kappa shape index (κ1) is 12.9. The average molecular weight is 261 g/mol. The number of nitrogen functional groups attached to an aromatic ring is 1. The van der Waals surface area contributed by atoms with Gasteiger partial charge in [0.05, 0.1) is 0 Å². The lowest BCUT2D eigenvalue weighted by Gasteiger charge is -2.15. The molecule has 3 heteroatoms. The zero-order valence-electron chi connectivity index (χ0n) is 10.4. The highest BCUT2D eigenvalue weighted by atomic mass is 35.5. The molecule has 0 heterocycles. The van der Waals surface area contributed by atoms with Gasteiger partial charge in [-0.1, -0.05) is 41.9 Å². The lowest BCUT2D eigenvalue weighted by atomic mass is 10.1. The molecule has 0 aromatic heterocycles. The van der Waals surface area contributed by atoms with Gasteiger partial charge in [0.2, 0.25) is 0 Å². The molecule has 2 nitrogen and oxygen atoms in total. The number of nitrogens with one attached hydrogen (secondary N) is 1. The van der Waals surface area contributed by atoms with E-state index in [1.807, 2.05) is 42.5 Å². The molecule has 0 aliphatic heterocycles. The molecule has 2 rings (SSSR count). The number of hydrogen-bond acceptors (Lipinski definition) is 2. The lowest BCUT2D eigenvalue weighted by Crippen LogP contribution is -2.18. The van der Waals surface area contributed by atoms with Crippen LogP contribution in [0.4, 0.5) is 5.69 Å². The summed E-state index contributed by atoms with van der Waals surface area (Å²) in [5.41, 5.74) is 9.03. The van der Waals surface area contributed by atoms with Gasteiger partial charge in [0.25, 0.3) is 0 Å². The van der Waals surface area contributed by atoms with Gasteiger partial charge >= 0.3 is 0 Å². The fourth-order valence-electron chi connectivity index (χ4n) is 1.85. The van der Waals surface area contributed by atoms with Crippen molar-refractivity contribution in [2.45, 2.75) is 19.5 Å². The highest BCUT2D eigenvalue weighted by molar-refractivity contribution is 6.30. The number of halogens is 1. The third-order valence-electron chi connectivity index (χ3n) is 3.00. The summed E-state index contributed by atoms with van der Waals surface area (Å²) in [6.07, 6.45) is 0. The number of nitrogens with two attached hydrogens (primary N) is 1. The van der Waals surface area contributed by atoms with Crippen LogP contribution >= 0.6 is 11.6 Å². The van der Waals surface area contributed by atoms with Gasteiger partial charge < -0.3 is 11.1 Å². The van der Waals surface area contributed by atoms with E-state index >= 15 is 0 Å². The Morgan fingerprint density at radius 1 is 1.17 bits per heavy atom. The molecule has 0 radical (unpaired) electrons. The van der Waals surface area contributed by atoms with Crippen molar-refractivity contribution in [3.63, 3.8) is 0 Å². The first-order chi connectivity index (χ1) is 8.66. The summed E-state index contributed by atoms with van der Waals surface area (Å²) in [4.78, 5) is 0. The van der Waals surface area contributed by atoms with Gasteiger partial charge in [-0.3, -0.25) is 0 Å². The van der Waals surface area contributed by atoms with E-state index in [-0.39, 0.29) is 6.04 Å². The van der Waals surface area contributed by atoms with Gasteiger partial charge in [0.1, 0.15) is 0 Å². The smallest absolute Gasteiger partial charge is 0.0409 e. The molecular weight excluding hydrogens is 244 g/mol. The van der Waals surface area contributed by atoms with Crippen LogP contribution in [0.2, 0.25) is 5.02 Å². The number of anilines is 1. The summed E-state index contributed by atoms with van der Waals surface area (Å²) in [5.74, 6) is 0. The fraction of sp³-hybridized carbons (Fsp3) is 0.200. The van der Waals surface area contributed by atoms with E-state index in [1.54, 1.807) is 0 Å². The molecule has 1 atom stereocenters. The van der Waals surface area contributed by atoms with Crippen LogP contribution in [0.3, 0.4) is 0 Å². The normalized spacial score (nSPS) is 12.3. The molecule has 0 unspecified atom stereocenters. The Labute approximate surface area is 113 Å². The molecule has 0 saturated heterocycles. The van der Waals surface area contributed by atoms with Crippen LogP contribution in [0, 0.1) is 0 Å². The lowest BCUT2D eigenvalue weighted by molar-refractivity contribution is 0.575. The van der Waals surface area contributed by atoms with Gasteiger partial charge in [0.15, 0.2) is 0 Å². The summed E-state index contributed by atoms with van der Waals surface area (Å²) >= 11 is 5.98. The minimum absolute atomic E-state index is 0.239. The van der Waals surface area contributed by atoms with Crippen LogP contribution in [-0.2, 0) is 6.54 Å². The van der Waals surface area contributed by atoms with Gasteiger partial charge in [-0.05, 0) is 36.2 Å². The maximum atomic E-state index is 5.98. The van der Waals surface area contributed by atoms with Crippen LogP contribution in [-0.4, -0.2) is 0 Å². The first-order valence-electron chi connectivity index (χ1n) is 5.99. The van der Waals surface area contributed by atoms with E-state index < -0.39 is 0 Å². The second-order valence-electron chi connectivity index (χ2n) is 4.36. The molecule has 3 N–H and O–H groups in total. The third kappa shape index (κ3) is 3.25. The van der Waals surface area contributed by atoms with Gasteiger partial charge in [-0.25, -0.2) is 0 Å². The molecule has 0 amide bonds. The van der Waals surface area contributed by atoms with E-state index in [1.165, 1.54) is 5.56 Å². The van der Waals surface area contributed by atoms with Crippen molar-refractivity contribution in [2.75, 3.05) is 5.73 Å². The quantitative estimate of drug-likeness (QED) is 0.822. The number of benzene rings is 2. The highest BCUT2D eigenvalue weighted by Gasteiger charge is 2.06. The van der Waals surface area contributed by atoms with Crippen molar-refractivity contribution >= 4 is 17.3 Å². The maximum absolute atomic E-state index is 5.98. The molecule has 0 saturated carbocycles. The summed E-state index contributed by atoms with van der Waals surface area (Å²) in [5, 5.41) is 4.21. The Morgan fingerprint density at radius 3 is 2.67 bits per heavy atom. The Kier molecular flexibility index (Phi) is 4.24. The van der Waals surface area contributed by atoms with Crippen LogP contribution in [0.15, 0.2) is 48.5 Å². The molecule has 0 bridgehead atoms. The largest absolute Gasteiger partial charge is 0.398 e. The summed E-state index contributed by atoms with van der Waals surface area (Å²) in [6, 6.07) is 16.0. The zero-order chi connectivity index (χ0) is 13.0. The molecular formula is C15H17ClN2. The Balaban J connectivity index is 2.00. The molecule has 94 valence electrons. The molecule has 0 aliphatic carbocycles. The molecule has 0 fully saturated rings. The SMILES string of the molecule is C[C@@H](NCc1ccccc1N)c1cccc(Cl)c1. The Hall–Kier alpha value is -1.51.